The fourth-order valence-electron chi connectivity index (χ4n) is 2.81. The van der Waals surface area contributed by atoms with Gasteiger partial charge in [-0.1, -0.05) is 13.0 Å². The Labute approximate surface area is 157 Å². The molecule has 1 aliphatic rings. The molecule has 3 N–H and O–H groups in total. The van der Waals surface area contributed by atoms with Crippen LogP contribution in [0.25, 0.3) is 0 Å². The molecule has 1 heterocycles. The van der Waals surface area contributed by atoms with Crippen LogP contribution in [0.5, 0.6) is 5.75 Å². The predicted octanol–water partition coefficient (Wildman–Crippen LogP) is 2.29. The summed E-state index contributed by atoms with van der Waals surface area (Å²) >= 11 is 0. The minimum absolute atomic E-state index is 0. The topological polar surface area (TPSA) is 67.6 Å². The number of likely N-dealkylation sites (tertiary alicyclic amines) is 1. The number of hydrogen-bond acceptors (Lipinski definition) is 4. The van der Waals surface area contributed by atoms with Crippen molar-refractivity contribution in [2.45, 2.75) is 19.5 Å². The molecule has 148 valence electrons. The van der Waals surface area contributed by atoms with E-state index in [0.717, 1.165) is 31.6 Å². The van der Waals surface area contributed by atoms with E-state index in [-0.39, 0.29) is 42.6 Å². The average molecular weight is 396 g/mol. The van der Waals surface area contributed by atoms with Crippen LogP contribution < -0.4 is 15.8 Å². The summed E-state index contributed by atoms with van der Waals surface area (Å²) in [5.74, 6) is -0.00348. The van der Waals surface area contributed by atoms with Crippen LogP contribution in [0.3, 0.4) is 0 Å². The monoisotopic (exact) mass is 395 g/mol. The lowest BCUT2D eigenvalue weighted by molar-refractivity contribution is -0.137. The highest BCUT2D eigenvalue weighted by atomic mass is 35.5. The number of halogens is 4. The van der Waals surface area contributed by atoms with Gasteiger partial charge in [0.25, 0.3) is 0 Å². The Bertz CT molecular complexity index is 601. The van der Waals surface area contributed by atoms with Crippen molar-refractivity contribution in [3.05, 3.63) is 29.8 Å². The summed E-state index contributed by atoms with van der Waals surface area (Å²) in [5.41, 5.74) is 5.04. The van der Waals surface area contributed by atoms with Crippen molar-refractivity contribution in [1.82, 2.24) is 10.2 Å². The van der Waals surface area contributed by atoms with E-state index in [1.165, 1.54) is 12.1 Å². The van der Waals surface area contributed by atoms with E-state index in [9.17, 15) is 18.0 Å². The molecule has 0 spiro atoms. The van der Waals surface area contributed by atoms with Gasteiger partial charge >= 0.3 is 6.18 Å². The number of rotatable bonds is 7. The van der Waals surface area contributed by atoms with Crippen LogP contribution in [0.4, 0.5) is 13.2 Å². The SMILES string of the molecule is CC1(CN)CCN(CC(=O)NCCOc2cccc(C(F)(F)F)c2)C1.Cl. The molecule has 1 unspecified atom stereocenters. The molecular formula is C17H25ClF3N3O2. The maximum Gasteiger partial charge on any atom is 0.416 e. The zero-order valence-electron chi connectivity index (χ0n) is 14.6. The van der Waals surface area contributed by atoms with Crippen molar-refractivity contribution in [3.8, 4) is 5.75 Å². The molecule has 9 heteroatoms. The second-order valence-corrected chi connectivity index (χ2v) is 6.70. The lowest BCUT2D eigenvalue weighted by Crippen LogP contribution is -2.39. The number of nitrogens with one attached hydrogen (secondary N) is 1. The molecule has 0 bridgehead atoms. The minimum atomic E-state index is -4.40. The van der Waals surface area contributed by atoms with E-state index in [0.29, 0.717) is 13.1 Å². The van der Waals surface area contributed by atoms with Gasteiger partial charge < -0.3 is 15.8 Å². The third-order valence-corrected chi connectivity index (χ3v) is 4.35. The van der Waals surface area contributed by atoms with Gasteiger partial charge in [0.15, 0.2) is 0 Å². The Kier molecular flexibility index (Phi) is 8.17. The molecule has 1 amide bonds. The van der Waals surface area contributed by atoms with Crippen LogP contribution >= 0.6 is 12.4 Å². The zero-order valence-corrected chi connectivity index (χ0v) is 15.5. The Morgan fingerprint density at radius 1 is 1.42 bits per heavy atom. The number of carbonyl (C=O) groups is 1. The molecular weight excluding hydrogens is 371 g/mol. The predicted molar refractivity (Wildman–Crippen MR) is 95.4 cm³/mol. The van der Waals surface area contributed by atoms with Crippen molar-refractivity contribution < 1.29 is 22.7 Å². The molecule has 1 fully saturated rings. The Hall–Kier alpha value is -1.51. The largest absolute Gasteiger partial charge is 0.492 e. The average Bonchev–Trinajstić information content (AvgIpc) is 2.93. The van der Waals surface area contributed by atoms with Crippen molar-refractivity contribution >= 4 is 18.3 Å². The first kappa shape index (κ1) is 22.5. The van der Waals surface area contributed by atoms with E-state index < -0.39 is 11.7 Å². The molecule has 5 nitrogen and oxygen atoms in total. The molecule has 0 radical (unpaired) electrons. The molecule has 1 saturated heterocycles. The van der Waals surface area contributed by atoms with Crippen LogP contribution in [0.15, 0.2) is 24.3 Å². The van der Waals surface area contributed by atoms with Gasteiger partial charge in [0.05, 0.1) is 18.7 Å². The molecule has 26 heavy (non-hydrogen) atoms. The standard InChI is InChI=1S/C17H24F3N3O2.ClH/c1-16(11-21)5-7-23(12-16)10-15(24)22-6-8-25-14-4-2-3-13(9-14)17(18,19)20;/h2-4,9H,5-8,10-12,21H2,1H3,(H,22,24);1H. The second-order valence-electron chi connectivity index (χ2n) is 6.70. The number of carbonyl (C=O) groups excluding carboxylic acids is 1. The van der Waals surface area contributed by atoms with Gasteiger partial charge in [-0.2, -0.15) is 13.2 Å². The minimum Gasteiger partial charge on any atom is -0.492 e. The van der Waals surface area contributed by atoms with Gasteiger partial charge in [-0.25, -0.2) is 0 Å². The van der Waals surface area contributed by atoms with Crippen molar-refractivity contribution in [2.75, 3.05) is 39.3 Å². The zero-order chi connectivity index (χ0) is 18.5. The summed E-state index contributed by atoms with van der Waals surface area (Å²) in [7, 11) is 0. The molecule has 0 aliphatic carbocycles. The first-order valence-electron chi connectivity index (χ1n) is 8.21. The maximum absolute atomic E-state index is 12.6. The molecule has 1 aromatic carbocycles. The van der Waals surface area contributed by atoms with Gasteiger partial charge in [-0.15, -0.1) is 12.4 Å². The van der Waals surface area contributed by atoms with E-state index >= 15 is 0 Å². The fraction of sp³-hybridized carbons (Fsp3) is 0.588. The lowest BCUT2D eigenvalue weighted by Gasteiger charge is -2.22. The van der Waals surface area contributed by atoms with Crippen LogP contribution in [-0.2, 0) is 11.0 Å². The summed E-state index contributed by atoms with van der Waals surface area (Å²) in [5, 5.41) is 2.71. The summed E-state index contributed by atoms with van der Waals surface area (Å²) in [6.07, 6.45) is -3.43. The normalized spacial score (nSPS) is 20.5. The fourth-order valence-corrected chi connectivity index (χ4v) is 2.81. The number of ether oxygens (including phenoxy) is 1. The molecule has 1 aliphatic heterocycles. The highest BCUT2D eigenvalue weighted by Crippen LogP contribution is 2.31. The van der Waals surface area contributed by atoms with Gasteiger partial charge in [0, 0.05) is 6.54 Å². The highest BCUT2D eigenvalue weighted by molar-refractivity contribution is 5.85. The number of nitrogens with two attached hydrogens (primary N) is 1. The number of nitrogens with zero attached hydrogens (tertiary/aromatic N) is 1. The number of amides is 1. The Morgan fingerprint density at radius 2 is 2.15 bits per heavy atom. The first-order chi connectivity index (χ1) is 11.7. The Morgan fingerprint density at radius 3 is 2.77 bits per heavy atom. The summed E-state index contributed by atoms with van der Waals surface area (Å²) in [4.78, 5) is 14.0. The smallest absolute Gasteiger partial charge is 0.416 e. The summed E-state index contributed by atoms with van der Waals surface area (Å²) < 4.78 is 43.1. The third-order valence-electron chi connectivity index (χ3n) is 4.35. The summed E-state index contributed by atoms with van der Waals surface area (Å²) in [6, 6.07) is 4.67. The van der Waals surface area contributed by atoms with Crippen LogP contribution in [0.2, 0.25) is 0 Å². The van der Waals surface area contributed by atoms with E-state index in [1.54, 1.807) is 0 Å². The van der Waals surface area contributed by atoms with Gasteiger partial charge in [0.1, 0.15) is 12.4 Å². The molecule has 1 atom stereocenters. The Balaban J connectivity index is 0.00000338. The molecule has 0 aromatic heterocycles. The summed E-state index contributed by atoms with van der Waals surface area (Å²) in [6.45, 7) is 4.95. The molecule has 2 rings (SSSR count). The number of alkyl halides is 3. The maximum atomic E-state index is 12.6. The van der Waals surface area contributed by atoms with E-state index in [4.69, 9.17) is 10.5 Å². The van der Waals surface area contributed by atoms with Crippen molar-refractivity contribution in [1.29, 1.82) is 0 Å². The third kappa shape index (κ3) is 6.66. The van der Waals surface area contributed by atoms with E-state index in [2.05, 4.69) is 17.1 Å². The van der Waals surface area contributed by atoms with Crippen LogP contribution in [0, 0.1) is 5.41 Å². The van der Waals surface area contributed by atoms with Crippen molar-refractivity contribution in [2.24, 2.45) is 11.1 Å². The molecule has 0 saturated carbocycles. The van der Waals surface area contributed by atoms with E-state index in [1.807, 2.05) is 0 Å². The van der Waals surface area contributed by atoms with Gasteiger partial charge in [-0.3, -0.25) is 9.69 Å². The van der Waals surface area contributed by atoms with Crippen molar-refractivity contribution in [3.63, 3.8) is 0 Å². The van der Waals surface area contributed by atoms with Crippen LogP contribution in [-0.4, -0.2) is 50.1 Å². The van der Waals surface area contributed by atoms with Crippen LogP contribution in [0.1, 0.15) is 18.9 Å². The number of hydrogen-bond donors (Lipinski definition) is 2. The quantitative estimate of drug-likeness (QED) is 0.695. The highest BCUT2D eigenvalue weighted by Gasteiger charge is 2.33. The number of benzene rings is 1. The first-order valence-corrected chi connectivity index (χ1v) is 8.21. The second kappa shape index (κ2) is 9.43. The lowest BCUT2D eigenvalue weighted by atomic mass is 9.90. The van der Waals surface area contributed by atoms with Gasteiger partial charge in [0.2, 0.25) is 5.91 Å². The molecule has 1 aromatic rings. The van der Waals surface area contributed by atoms with Gasteiger partial charge in [-0.05, 0) is 43.1 Å².